The molecule has 8 nitrogen and oxygen atoms in total. The largest absolute Gasteiger partial charge is 0.373 e. The van der Waals surface area contributed by atoms with Crippen molar-refractivity contribution in [3.63, 3.8) is 0 Å². The molecule has 2 aliphatic rings. The van der Waals surface area contributed by atoms with Gasteiger partial charge < -0.3 is 10.1 Å². The molecule has 3 amide bonds. The van der Waals surface area contributed by atoms with Gasteiger partial charge in [0.15, 0.2) is 0 Å². The van der Waals surface area contributed by atoms with Crippen LogP contribution >= 0.6 is 0 Å². The Balaban J connectivity index is 1.54. The first-order chi connectivity index (χ1) is 13.1. The van der Waals surface area contributed by atoms with Crippen molar-refractivity contribution in [3.05, 3.63) is 34.9 Å². The van der Waals surface area contributed by atoms with Crippen LogP contribution in [0.25, 0.3) is 0 Å². The molecule has 0 bridgehead atoms. The number of hydrogen-bond acceptors (Lipinski definition) is 5. The summed E-state index contributed by atoms with van der Waals surface area (Å²) in [5, 5.41) is 4.49. The lowest BCUT2D eigenvalue weighted by Crippen LogP contribution is -2.53. The minimum Gasteiger partial charge on any atom is -0.373 e. The van der Waals surface area contributed by atoms with Crippen LogP contribution in [0.15, 0.2) is 18.2 Å². The maximum atomic E-state index is 12.7. The van der Waals surface area contributed by atoms with Gasteiger partial charge in [0, 0.05) is 13.1 Å². The molecule has 2 N–H and O–H groups in total. The van der Waals surface area contributed by atoms with E-state index >= 15 is 0 Å². The number of ether oxygens (including phenoxy) is 1. The van der Waals surface area contributed by atoms with Crippen molar-refractivity contribution in [2.45, 2.75) is 51.9 Å². The molecule has 3 rings (SSSR count). The van der Waals surface area contributed by atoms with E-state index in [1.54, 1.807) is 0 Å². The molecule has 154 valence electrons. The predicted octanol–water partition coefficient (Wildman–Crippen LogP) is 1.21. The molecule has 1 aromatic carbocycles. The lowest BCUT2D eigenvalue weighted by molar-refractivity contribution is -0.122. The number of amides is 3. The zero-order valence-electron chi connectivity index (χ0n) is 16.4. The van der Waals surface area contributed by atoms with Crippen molar-refractivity contribution in [2.75, 3.05) is 18.8 Å². The number of urea groups is 1. The van der Waals surface area contributed by atoms with Crippen LogP contribution in [-0.4, -0.2) is 55.1 Å². The van der Waals surface area contributed by atoms with E-state index in [1.807, 2.05) is 13.8 Å². The Labute approximate surface area is 165 Å². The molecule has 2 heterocycles. The zero-order valence-corrected chi connectivity index (χ0v) is 17.3. The Bertz CT molecular complexity index is 878. The fraction of sp³-hybridized carbons (Fsp3) is 0.579. The van der Waals surface area contributed by atoms with Crippen LogP contribution in [0.2, 0.25) is 0 Å². The molecule has 0 aromatic heterocycles. The molecular formula is C19H27N3O5S. The summed E-state index contributed by atoms with van der Waals surface area (Å²) >= 11 is 0. The standard InChI is InChI=1S/C19H27N3O5S/c1-13-4-5-14(2)15(10-13)11-27-16-6-8-22(9-7-16)28(25,26)12-19(3)17(23)20-18(24)21-19/h4-5,10,16H,6-9,11-12H2,1-3H3,(H2,20,21,23,24)/t19-/m1/s1. The van der Waals surface area contributed by atoms with E-state index in [-0.39, 0.29) is 6.10 Å². The highest BCUT2D eigenvalue weighted by atomic mass is 32.2. The second kappa shape index (κ2) is 7.81. The van der Waals surface area contributed by atoms with Crippen LogP contribution in [0.1, 0.15) is 36.5 Å². The summed E-state index contributed by atoms with van der Waals surface area (Å²) < 4.78 is 32.8. The Morgan fingerprint density at radius 1 is 1.21 bits per heavy atom. The zero-order chi connectivity index (χ0) is 20.5. The molecule has 0 saturated carbocycles. The summed E-state index contributed by atoms with van der Waals surface area (Å²) in [5.74, 6) is -1.07. The average molecular weight is 410 g/mol. The quantitative estimate of drug-likeness (QED) is 0.687. The Morgan fingerprint density at radius 2 is 1.89 bits per heavy atom. The second-order valence-corrected chi connectivity index (χ2v) is 9.80. The van der Waals surface area contributed by atoms with E-state index in [1.165, 1.54) is 22.4 Å². The van der Waals surface area contributed by atoms with Crippen molar-refractivity contribution >= 4 is 22.0 Å². The van der Waals surface area contributed by atoms with E-state index in [2.05, 4.69) is 28.8 Å². The molecular weight excluding hydrogens is 382 g/mol. The molecule has 2 aliphatic heterocycles. The smallest absolute Gasteiger partial charge is 0.322 e. The normalized spacial score (nSPS) is 24.2. The molecule has 0 unspecified atom stereocenters. The van der Waals surface area contributed by atoms with Crippen LogP contribution in [0.3, 0.4) is 0 Å². The van der Waals surface area contributed by atoms with Gasteiger partial charge in [0.05, 0.1) is 18.5 Å². The summed E-state index contributed by atoms with van der Waals surface area (Å²) in [6.45, 7) is 6.70. The fourth-order valence-corrected chi connectivity index (χ4v) is 5.46. The third kappa shape index (κ3) is 4.53. The van der Waals surface area contributed by atoms with Crippen molar-refractivity contribution in [1.29, 1.82) is 0 Å². The third-order valence-corrected chi connectivity index (χ3v) is 7.46. The second-order valence-electron chi connectivity index (χ2n) is 7.84. The van der Waals surface area contributed by atoms with Crippen LogP contribution in [0.5, 0.6) is 0 Å². The number of hydrogen-bond donors (Lipinski definition) is 2. The van der Waals surface area contributed by atoms with Crippen LogP contribution in [0.4, 0.5) is 4.79 Å². The first-order valence-electron chi connectivity index (χ1n) is 9.38. The number of imide groups is 1. The highest BCUT2D eigenvalue weighted by Gasteiger charge is 2.46. The van der Waals surface area contributed by atoms with Gasteiger partial charge in [-0.25, -0.2) is 17.5 Å². The maximum Gasteiger partial charge on any atom is 0.322 e. The number of carbonyl (C=O) groups excluding carboxylic acids is 2. The molecule has 1 atom stereocenters. The van der Waals surface area contributed by atoms with Gasteiger partial charge in [-0.1, -0.05) is 23.8 Å². The molecule has 0 spiro atoms. The molecule has 2 fully saturated rings. The van der Waals surface area contributed by atoms with Crippen molar-refractivity contribution < 1.29 is 22.7 Å². The summed E-state index contributed by atoms with van der Waals surface area (Å²) in [6, 6.07) is 5.58. The predicted molar refractivity (Wildman–Crippen MR) is 104 cm³/mol. The first-order valence-corrected chi connectivity index (χ1v) is 11.0. The number of rotatable bonds is 6. The van der Waals surface area contributed by atoms with Gasteiger partial charge in [0.2, 0.25) is 10.0 Å². The number of piperidine rings is 1. The molecule has 9 heteroatoms. The minimum atomic E-state index is -3.68. The van der Waals surface area contributed by atoms with Crippen LogP contribution in [-0.2, 0) is 26.2 Å². The van der Waals surface area contributed by atoms with Crippen molar-refractivity contribution in [2.24, 2.45) is 0 Å². The summed E-state index contributed by atoms with van der Waals surface area (Å²) in [5.41, 5.74) is 2.06. The number of aryl methyl sites for hydroxylation is 2. The topological polar surface area (TPSA) is 105 Å². The van der Waals surface area contributed by atoms with Crippen molar-refractivity contribution in [3.8, 4) is 0 Å². The Kier molecular flexibility index (Phi) is 5.79. The highest BCUT2D eigenvalue weighted by molar-refractivity contribution is 7.89. The van der Waals surface area contributed by atoms with Gasteiger partial charge >= 0.3 is 6.03 Å². The minimum absolute atomic E-state index is 0.00330. The Hall–Kier alpha value is -1.97. The van der Waals surface area contributed by atoms with Crippen LogP contribution < -0.4 is 10.6 Å². The van der Waals surface area contributed by atoms with Gasteiger partial charge in [-0.15, -0.1) is 0 Å². The lowest BCUT2D eigenvalue weighted by atomic mass is 10.1. The maximum absolute atomic E-state index is 12.7. The summed E-state index contributed by atoms with van der Waals surface area (Å²) in [7, 11) is -3.68. The highest BCUT2D eigenvalue weighted by Crippen LogP contribution is 2.22. The van der Waals surface area contributed by atoms with Crippen LogP contribution in [0, 0.1) is 13.8 Å². The molecule has 2 saturated heterocycles. The lowest BCUT2D eigenvalue weighted by Gasteiger charge is -2.33. The number of carbonyl (C=O) groups is 2. The molecule has 0 aliphatic carbocycles. The van der Waals surface area contributed by atoms with E-state index in [0.717, 1.165) is 5.56 Å². The van der Waals surface area contributed by atoms with Gasteiger partial charge in [-0.3, -0.25) is 10.1 Å². The Morgan fingerprint density at radius 3 is 2.50 bits per heavy atom. The molecule has 1 aromatic rings. The first kappa shape index (κ1) is 20.8. The summed E-state index contributed by atoms with van der Waals surface area (Å²) in [4.78, 5) is 23.2. The average Bonchev–Trinajstić information content (AvgIpc) is 2.87. The van der Waals surface area contributed by atoms with E-state index < -0.39 is 33.3 Å². The van der Waals surface area contributed by atoms with E-state index in [9.17, 15) is 18.0 Å². The molecule has 0 radical (unpaired) electrons. The summed E-state index contributed by atoms with van der Waals surface area (Å²) in [6.07, 6.45) is 1.19. The fourth-order valence-electron chi connectivity index (χ4n) is 3.58. The number of nitrogens with zero attached hydrogens (tertiary/aromatic N) is 1. The number of benzene rings is 1. The van der Waals surface area contributed by atoms with Gasteiger partial charge in [-0.05, 0) is 44.7 Å². The number of nitrogens with one attached hydrogen (secondary N) is 2. The monoisotopic (exact) mass is 409 g/mol. The molecule has 28 heavy (non-hydrogen) atoms. The van der Waals surface area contributed by atoms with E-state index in [0.29, 0.717) is 32.5 Å². The van der Waals surface area contributed by atoms with E-state index in [4.69, 9.17) is 4.74 Å². The van der Waals surface area contributed by atoms with Gasteiger partial charge in [0.25, 0.3) is 5.91 Å². The third-order valence-electron chi connectivity index (χ3n) is 5.36. The van der Waals surface area contributed by atoms with Gasteiger partial charge in [-0.2, -0.15) is 0 Å². The SMILES string of the molecule is Cc1ccc(C)c(COC2CCN(S(=O)(=O)C[C@@]3(C)NC(=O)NC3=O)CC2)c1. The van der Waals surface area contributed by atoms with Crippen molar-refractivity contribution in [1.82, 2.24) is 14.9 Å². The van der Waals surface area contributed by atoms with Gasteiger partial charge in [0.1, 0.15) is 5.54 Å². The number of sulfonamides is 1.